The van der Waals surface area contributed by atoms with Crippen LogP contribution in [0.5, 0.6) is 0 Å². The summed E-state index contributed by atoms with van der Waals surface area (Å²) >= 11 is 0. The van der Waals surface area contributed by atoms with E-state index >= 15 is 0 Å². The molecule has 0 heterocycles. The Kier molecular flexibility index (Phi) is 4.59. The first-order valence-corrected chi connectivity index (χ1v) is 10.7. The third-order valence-corrected chi connectivity index (χ3v) is 8.77. The molecule has 0 aromatic carbocycles. The van der Waals surface area contributed by atoms with Crippen molar-refractivity contribution in [2.24, 2.45) is 34.5 Å². The second-order valence-corrected chi connectivity index (χ2v) is 9.89. The van der Waals surface area contributed by atoms with Gasteiger partial charge in [-0.05, 0) is 79.6 Å². The lowest BCUT2D eigenvalue weighted by Crippen LogP contribution is -2.51. The second kappa shape index (κ2) is 6.56. The summed E-state index contributed by atoms with van der Waals surface area (Å²) in [5, 5.41) is 0. The number of esters is 1. The van der Waals surface area contributed by atoms with Gasteiger partial charge in [0.05, 0.1) is 0 Å². The zero-order chi connectivity index (χ0) is 19.4. The predicted octanol–water partition coefficient (Wildman–Crippen LogP) is 4.27. The van der Waals surface area contributed by atoms with E-state index in [0.717, 1.165) is 44.9 Å². The second-order valence-electron chi connectivity index (χ2n) is 9.89. The maximum Gasteiger partial charge on any atom is 0.303 e. The molecule has 0 aliphatic heterocycles. The Hall–Kier alpha value is -1.45. The number of ether oxygens (including phenoxy) is 1. The number of carbonyl (C=O) groups excluding carboxylic acids is 3. The molecule has 4 aliphatic rings. The van der Waals surface area contributed by atoms with E-state index in [1.807, 2.05) is 6.08 Å². The number of allylic oxidation sites excluding steroid dienone is 1. The van der Waals surface area contributed by atoms with Gasteiger partial charge in [0, 0.05) is 19.3 Å². The summed E-state index contributed by atoms with van der Waals surface area (Å²) in [5.41, 5.74) is 1.61. The van der Waals surface area contributed by atoms with Crippen LogP contribution in [0.15, 0.2) is 11.6 Å². The van der Waals surface area contributed by atoms with E-state index < -0.39 is 0 Å². The van der Waals surface area contributed by atoms with Crippen LogP contribution in [0.3, 0.4) is 0 Å². The Morgan fingerprint density at radius 1 is 1.07 bits per heavy atom. The Morgan fingerprint density at radius 2 is 1.85 bits per heavy atom. The lowest BCUT2D eigenvalue weighted by atomic mass is 9.46. The lowest BCUT2D eigenvalue weighted by molar-refractivity contribution is -0.149. The molecule has 0 unspecified atom stereocenters. The minimum atomic E-state index is -0.377. The van der Waals surface area contributed by atoms with Crippen LogP contribution >= 0.6 is 0 Å². The van der Waals surface area contributed by atoms with Crippen molar-refractivity contribution in [1.29, 1.82) is 0 Å². The fourth-order valence-corrected chi connectivity index (χ4v) is 7.36. The van der Waals surface area contributed by atoms with Crippen molar-refractivity contribution in [2.45, 2.75) is 72.1 Å². The monoisotopic (exact) mass is 372 g/mol. The molecule has 0 bridgehead atoms. The summed E-state index contributed by atoms with van der Waals surface area (Å²) in [6, 6.07) is 0. The smallest absolute Gasteiger partial charge is 0.303 e. The summed E-state index contributed by atoms with van der Waals surface area (Å²) in [4.78, 5) is 35.8. The Labute approximate surface area is 162 Å². The lowest BCUT2D eigenvalue weighted by Gasteiger charge is -2.58. The number of fused-ring (bicyclic) bond motifs is 5. The fourth-order valence-electron chi connectivity index (χ4n) is 7.36. The van der Waals surface area contributed by atoms with Crippen LogP contribution < -0.4 is 0 Å². The summed E-state index contributed by atoms with van der Waals surface area (Å²) < 4.78 is 5.02. The molecule has 148 valence electrons. The van der Waals surface area contributed by atoms with E-state index in [9.17, 15) is 14.4 Å². The number of ketones is 2. The number of hydrogen-bond acceptors (Lipinski definition) is 4. The Bertz CT molecular complexity index is 707. The molecule has 3 fully saturated rings. The maximum atomic E-state index is 12.8. The molecule has 4 aliphatic carbocycles. The van der Waals surface area contributed by atoms with E-state index in [1.54, 1.807) is 0 Å². The van der Waals surface area contributed by atoms with Crippen LogP contribution in [0.1, 0.15) is 72.1 Å². The molecule has 3 saturated carbocycles. The molecule has 6 atom stereocenters. The highest BCUT2D eigenvalue weighted by Crippen LogP contribution is 2.66. The van der Waals surface area contributed by atoms with Gasteiger partial charge in [0.15, 0.2) is 11.6 Å². The van der Waals surface area contributed by atoms with Gasteiger partial charge in [0.2, 0.25) is 0 Å². The normalized spacial score (nSPS) is 43.2. The SMILES string of the molecule is CC(=O)OCC(=O)[C@@H]1CC[C@@H]2[C@H]3CCC4=CC(=O)CC[C@]4(C)[C@@H]3CC[C@@]21C. The van der Waals surface area contributed by atoms with Gasteiger partial charge in [-0.3, -0.25) is 14.4 Å². The molecule has 0 spiro atoms. The molecule has 4 rings (SSSR count). The molecule has 0 aromatic heterocycles. The van der Waals surface area contributed by atoms with Gasteiger partial charge < -0.3 is 4.74 Å². The average Bonchev–Trinajstić information content (AvgIpc) is 2.97. The maximum absolute atomic E-state index is 12.8. The predicted molar refractivity (Wildman–Crippen MR) is 102 cm³/mol. The Balaban J connectivity index is 1.56. The highest BCUT2D eigenvalue weighted by Gasteiger charge is 2.60. The molecule has 4 heteroatoms. The van der Waals surface area contributed by atoms with Crippen LogP contribution in [0.4, 0.5) is 0 Å². The highest BCUT2D eigenvalue weighted by molar-refractivity contribution is 5.91. The van der Waals surface area contributed by atoms with E-state index in [4.69, 9.17) is 4.74 Å². The minimum Gasteiger partial charge on any atom is -0.458 e. The van der Waals surface area contributed by atoms with E-state index in [2.05, 4.69) is 13.8 Å². The molecular formula is C23H32O4. The molecular weight excluding hydrogens is 340 g/mol. The molecule has 4 nitrogen and oxygen atoms in total. The summed E-state index contributed by atoms with van der Waals surface area (Å²) in [6.45, 7) is 6.00. The standard InChI is InChI=1S/C23H32O4/c1-14(24)27-13-21(26)20-7-6-18-17-5-4-15-12-16(25)8-10-22(15,2)19(17)9-11-23(18,20)3/h12,17-20H,4-11,13H2,1-3H3/t17-,18-,19-,20+,22+,23+/m1/s1. The molecule has 0 N–H and O–H groups in total. The van der Waals surface area contributed by atoms with Crippen molar-refractivity contribution in [3.05, 3.63) is 11.6 Å². The van der Waals surface area contributed by atoms with E-state index in [1.165, 1.54) is 12.5 Å². The average molecular weight is 373 g/mol. The first-order valence-electron chi connectivity index (χ1n) is 10.7. The zero-order valence-electron chi connectivity index (χ0n) is 16.9. The molecule has 0 amide bonds. The summed E-state index contributed by atoms with van der Waals surface area (Å²) in [6.07, 6.45) is 10.1. The van der Waals surface area contributed by atoms with Crippen LogP contribution in [-0.2, 0) is 19.1 Å². The fraction of sp³-hybridized carbons (Fsp3) is 0.783. The van der Waals surface area contributed by atoms with Crippen LogP contribution in [-0.4, -0.2) is 24.1 Å². The largest absolute Gasteiger partial charge is 0.458 e. The quantitative estimate of drug-likeness (QED) is 0.694. The number of hydrogen-bond donors (Lipinski definition) is 0. The van der Waals surface area contributed by atoms with Gasteiger partial charge in [-0.2, -0.15) is 0 Å². The topological polar surface area (TPSA) is 60.4 Å². The molecule has 0 radical (unpaired) electrons. The van der Waals surface area contributed by atoms with Crippen molar-refractivity contribution < 1.29 is 19.1 Å². The van der Waals surface area contributed by atoms with Crippen LogP contribution in [0.25, 0.3) is 0 Å². The molecule has 0 aromatic rings. The first kappa shape index (κ1) is 18.9. The van der Waals surface area contributed by atoms with Gasteiger partial charge in [-0.15, -0.1) is 0 Å². The zero-order valence-corrected chi connectivity index (χ0v) is 16.9. The third-order valence-electron chi connectivity index (χ3n) is 8.77. The number of Topliss-reactive ketones (excluding diaryl/α,β-unsaturated/α-hetero) is 1. The highest BCUT2D eigenvalue weighted by atomic mass is 16.5. The van der Waals surface area contributed by atoms with Crippen LogP contribution in [0, 0.1) is 34.5 Å². The van der Waals surface area contributed by atoms with Crippen molar-refractivity contribution in [3.8, 4) is 0 Å². The molecule has 27 heavy (non-hydrogen) atoms. The van der Waals surface area contributed by atoms with Crippen molar-refractivity contribution in [3.63, 3.8) is 0 Å². The molecule has 0 saturated heterocycles. The van der Waals surface area contributed by atoms with E-state index in [0.29, 0.717) is 30.0 Å². The number of carbonyl (C=O) groups is 3. The van der Waals surface area contributed by atoms with Crippen molar-refractivity contribution in [1.82, 2.24) is 0 Å². The summed E-state index contributed by atoms with van der Waals surface area (Å²) in [7, 11) is 0. The van der Waals surface area contributed by atoms with Crippen molar-refractivity contribution >= 4 is 17.5 Å². The van der Waals surface area contributed by atoms with Crippen molar-refractivity contribution in [2.75, 3.05) is 6.61 Å². The van der Waals surface area contributed by atoms with Gasteiger partial charge in [0.25, 0.3) is 0 Å². The van der Waals surface area contributed by atoms with E-state index in [-0.39, 0.29) is 35.1 Å². The van der Waals surface area contributed by atoms with Gasteiger partial charge in [0.1, 0.15) is 6.61 Å². The van der Waals surface area contributed by atoms with Gasteiger partial charge in [-0.1, -0.05) is 19.4 Å². The summed E-state index contributed by atoms with van der Waals surface area (Å²) in [5.74, 6) is 1.95. The minimum absolute atomic E-state index is 0.0282. The van der Waals surface area contributed by atoms with Gasteiger partial charge >= 0.3 is 5.97 Å². The Morgan fingerprint density at radius 3 is 2.59 bits per heavy atom. The number of rotatable bonds is 3. The van der Waals surface area contributed by atoms with Gasteiger partial charge in [-0.25, -0.2) is 0 Å². The third kappa shape index (κ3) is 2.91. The first-order chi connectivity index (χ1) is 12.8. The van der Waals surface area contributed by atoms with Crippen LogP contribution in [0.2, 0.25) is 0 Å².